The van der Waals surface area contributed by atoms with E-state index in [1.165, 1.54) is 18.5 Å². The van der Waals surface area contributed by atoms with Crippen LogP contribution in [0.1, 0.15) is 24.3 Å². The summed E-state index contributed by atoms with van der Waals surface area (Å²) in [4.78, 5) is 15.1. The fourth-order valence-corrected chi connectivity index (χ4v) is 2.06. The standard InChI is InChI=1S/C10H11N3OS/c1-7(14)11-10-12-9(15-13-10)8-5-3-2-4-6-8/h2-5,8H,6H2,1H3,(H,11,13,14). The Bertz CT molecular complexity index is 422. The number of carbonyl (C=O) groups is 1. The first kappa shape index (κ1) is 10.0. The minimum absolute atomic E-state index is 0.140. The van der Waals surface area contributed by atoms with Gasteiger partial charge in [0.15, 0.2) is 0 Å². The molecule has 0 saturated heterocycles. The maximum absolute atomic E-state index is 10.8. The number of hydrogen-bond donors (Lipinski definition) is 1. The molecular weight excluding hydrogens is 210 g/mol. The molecule has 4 nitrogen and oxygen atoms in total. The lowest BCUT2D eigenvalue weighted by atomic mass is 10.0. The van der Waals surface area contributed by atoms with Gasteiger partial charge in [0, 0.05) is 12.8 Å². The molecule has 1 unspecified atom stereocenters. The first-order valence-electron chi connectivity index (χ1n) is 4.70. The minimum atomic E-state index is -0.140. The van der Waals surface area contributed by atoms with Crippen LogP contribution in [0.3, 0.4) is 0 Å². The quantitative estimate of drug-likeness (QED) is 0.832. The van der Waals surface area contributed by atoms with Crippen LogP contribution in [0.2, 0.25) is 0 Å². The summed E-state index contributed by atoms with van der Waals surface area (Å²) in [5, 5.41) is 3.52. The summed E-state index contributed by atoms with van der Waals surface area (Å²) in [6, 6.07) is 0. The average molecular weight is 221 g/mol. The normalized spacial score (nSPS) is 19.1. The van der Waals surface area contributed by atoms with Crippen LogP contribution >= 0.6 is 11.5 Å². The van der Waals surface area contributed by atoms with Crippen LogP contribution in [-0.4, -0.2) is 15.3 Å². The molecule has 1 aliphatic carbocycles. The zero-order valence-electron chi connectivity index (χ0n) is 8.30. The van der Waals surface area contributed by atoms with E-state index in [9.17, 15) is 4.79 Å². The van der Waals surface area contributed by atoms with Gasteiger partial charge in [0.2, 0.25) is 11.9 Å². The van der Waals surface area contributed by atoms with Gasteiger partial charge < -0.3 is 0 Å². The minimum Gasteiger partial charge on any atom is -0.294 e. The van der Waals surface area contributed by atoms with Gasteiger partial charge in [-0.1, -0.05) is 24.3 Å². The molecule has 78 valence electrons. The van der Waals surface area contributed by atoms with E-state index in [0.29, 0.717) is 11.9 Å². The van der Waals surface area contributed by atoms with E-state index in [4.69, 9.17) is 0 Å². The summed E-state index contributed by atoms with van der Waals surface area (Å²) in [7, 11) is 0. The van der Waals surface area contributed by atoms with Crippen molar-refractivity contribution < 1.29 is 4.79 Å². The Morgan fingerprint density at radius 2 is 2.47 bits per heavy atom. The van der Waals surface area contributed by atoms with Gasteiger partial charge in [0.05, 0.1) is 0 Å². The fourth-order valence-electron chi connectivity index (χ4n) is 1.36. The van der Waals surface area contributed by atoms with Crippen molar-refractivity contribution in [1.29, 1.82) is 0 Å². The number of rotatable bonds is 2. The van der Waals surface area contributed by atoms with Crippen molar-refractivity contribution in [1.82, 2.24) is 9.36 Å². The van der Waals surface area contributed by atoms with E-state index in [-0.39, 0.29) is 5.91 Å². The first-order valence-corrected chi connectivity index (χ1v) is 5.47. The summed E-state index contributed by atoms with van der Waals surface area (Å²) in [6.07, 6.45) is 9.17. The van der Waals surface area contributed by atoms with Gasteiger partial charge in [-0.2, -0.15) is 4.37 Å². The Labute approximate surface area is 91.9 Å². The highest BCUT2D eigenvalue weighted by molar-refractivity contribution is 7.05. The highest BCUT2D eigenvalue weighted by Gasteiger charge is 2.14. The highest BCUT2D eigenvalue weighted by Crippen LogP contribution is 2.26. The van der Waals surface area contributed by atoms with Gasteiger partial charge in [-0.05, 0) is 18.0 Å². The largest absolute Gasteiger partial charge is 0.294 e. The molecule has 1 aromatic heterocycles. The first-order chi connectivity index (χ1) is 7.25. The lowest BCUT2D eigenvalue weighted by molar-refractivity contribution is -0.114. The number of allylic oxidation sites excluding steroid dienone is 4. The number of nitrogens with zero attached hydrogens (tertiary/aromatic N) is 2. The van der Waals surface area contributed by atoms with Crippen LogP contribution in [0, 0.1) is 0 Å². The SMILES string of the molecule is CC(=O)Nc1nsc(C2C=CC=CC2)n1. The molecule has 0 spiro atoms. The molecule has 1 amide bonds. The fraction of sp³-hybridized carbons (Fsp3) is 0.300. The van der Waals surface area contributed by atoms with Crippen molar-refractivity contribution in [2.45, 2.75) is 19.3 Å². The molecule has 1 N–H and O–H groups in total. The Kier molecular flexibility index (Phi) is 2.91. The van der Waals surface area contributed by atoms with Gasteiger partial charge in [0.1, 0.15) is 5.01 Å². The molecule has 0 radical (unpaired) electrons. The maximum atomic E-state index is 10.8. The number of carbonyl (C=O) groups excluding carboxylic acids is 1. The van der Waals surface area contributed by atoms with Crippen molar-refractivity contribution in [2.75, 3.05) is 5.32 Å². The Hall–Kier alpha value is -1.49. The second-order valence-electron chi connectivity index (χ2n) is 3.29. The second kappa shape index (κ2) is 4.35. The molecule has 0 aromatic carbocycles. The van der Waals surface area contributed by atoms with Gasteiger partial charge in [-0.25, -0.2) is 4.98 Å². The van der Waals surface area contributed by atoms with Crippen LogP contribution in [0.5, 0.6) is 0 Å². The lowest BCUT2D eigenvalue weighted by Crippen LogP contribution is -2.07. The van der Waals surface area contributed by atoms with Crippen LogP contribution in [-0.2, 0) is 4.79 Å². The number of aromatic nitrogens is 2. The molecule has 15 heavy (non-hydrogen) atoms. The van der Waals surface area contributed by atoms with Crippen LogP contribution < -0.4 is 5.32 Å². The summed E-state index contributed by atoms with van der Waals surface area (Å²) < 4.78 is 4.07. The number of anilines is 1. The summed E-state index contributed by atoms with van der Waals surface area (Å²) >= 11 is 1.34. The van der Waals surface area contributed by atoms with E-state index in [2.05, 4.69) is 26.8 Å². The Morgan fingerprint density at radius 1 is 1.60 bits per heavy atom. The molecule has 1 aliphatic rings. The highest BCUT2D eigenvalue weighted by atomic mass is 32.1. The van der Waals surface area contributed by atoms with Gasteiger partial charge in [-0.15, -0.1) is 0 Å². The van der Waals surface area contributed by atoms with E-state index in [1.807, 2.05) is 12.2 Å². The molecule has 1 atom stereocenters. The molecule has 1 aromatic rings. The molecule has 1 heterocycles. The van der Waals surface area contributed by atoms with Gasteiger partial charge in [0.25, 0.3) is 0 Å². The van der Waals surface area contributed by atoms with Crippen molar-refractivity contribution in [3.63, 3.8) is 0 Å². The van der Waals surface area contributed by atoms with E-state index >= 15 is 0 Å². The van der Waals surface area contributed by atoms with Crippen molar-refractivity contribution in [2.24, 2.45) is 0 Å². The lowest BCUT2D eigenvalue weighted by Gasteiger charge is -2.07. The van der Waals surface area contributed by atoms with E-state index < -0.39 is 0 Å². The second-order valence-corrected chi connectivity index (χ2v) is 4.08. The maximum Gasteiger partial charge on any atom is 0.241 e. The third-order valence-corrected chi connectivity index (χ3v) is 2.87. The summed E-state index contributed by atoms with van der Waals surface area (Å²) in [5.74, 6) is 0.568. The summed E-state index contributed by atoms with van der Waals surface area (Å²) in [6.45, 7) is 1.45. The van der Waals surface area contributed by atoms with Crippen molar-refractivity contribution in [3.8, 4) is 0 Å². The zero-order valence-corrected chi connectivity index (χ0v) is 9.12. The Morgan fingerprint density at radius 3 is 3.13 bits per heavy atom. The monoisotopic (exact) mass is 221 g/mol. The van der Waals surface area contributed by atoms with Crippen LogP contribution in [0.4, 0.5) is 5.95 Å². The number of nitrogens with one attached hydrogen (secondary N) is 1. The molecule has 0 saturated carbocycles. The smallest absolute Gasteiger partial charge is 0.241 e. The third kappa shape index (κ3) is 2.50. The van der Waals surface area contributed by atoms with Crippen molar-refractivity contribution >= 4 is 23.4 Å². The van der Waals surface area contributed by atoms with Crippen LogP contribution in [0.15, 0.2) is 24.3 Å². The van der Waals surface area contributed by atoms with E-state index in [1.54, 1.807) is 0 Å². The van der Waals surface area contributed by atoms with Gasteiger partial charge in [-0.3, -0.25) is 10.1 Å². The van der Waals surface area contributed by atoms with Crippen molar-refractivity contribution in [3.05, 3.63) is 29.3 Å². The third-order valence-electron chi connectivity index (χ3n) is 2.03. The molecule has 2 rings (SSSR count). The molecular formula is C10H11N3OS. The zero-order chi connectivity index (χ0) is 10.7. The molecule has 0 aliphatic heterocycles. The summed E-state index contributed by atoms with van der Waals surface area (Å²) in [5.41, 5.74) is 0. The molecule has 0 bridgehead atoms. The number of hydrogen-bond acceptors (Lipinski definition) is 4. The van der Waals surface area contributed by atoms with Gasteiger partial charge >= 0.3 is 0 Å². The average Bonchev–Trinajstić information content (AvgIpc) is 2.67. The predicted molar refractivity (Wildman–Crippen MR) is 59.9 cm³/mol. The van der Waals surface area contributed by atoms with E-state index in [0.717, 1.165) is 11.4 Å². The topological polar surface area (TPSA) is 54.9 Å². The molecule has 0 fully saturated rings. The van der Waals surface area contributed by atoms with Crippen LogP contribution in [0.25, 0.3) is 0 Å². The predicted octanol–water partition coefficient (Wildman–Crippen LogP) is 2.10. The molecule has 5 heteroatoms. The Balaban J connectivity index is 2.09. The number of amides is 1.